The Morgan fingerprint density at radius 2 is 1.82 bits per heavy atom. The Labute approximate surface area is 168 Å². The first kappa shape index (κ1) is 19.5. The molecule has 144 valence electrons. The van der Waals surface area contributed by atoms with E-state index in [-0.39, 0.29) is 5.91 Å². The minimum atomic E-state index is -0.305. The second kappa shape index (κ2) is 9.62. The number of rotatable bonds is 8. The van der Waals surface area contributed by atoms with Gasteiger partial charge in [0.15, 0.2) is 0 Å². The monoisotopic (exact) mass is 397 g/mol. The molecule has 28 heavy (non-hydrogen) atoms. The van der Waals surface area contributed by atoms with Crippen LogP contribution in [0, 0.1) is 0 Å². The lowest BCUT2D eigenvalue weighted by Crippen LogP contribution is -2.15. The Kier molecular flexibility index (Phi) is 6.70. The van der Waals surface area contributed by atoms with Crippen molar-refractivity contribution in [3.05, 3.63) is 77.6 Å². The van der Waals surface area contributed by atoms with Crippen LogP contribution in [0.2, 0.25) is 5.02 Å². The maximum atomic E-state index is 12.4. The lowest BCUT2D eigenvalue weighted by atomic mass is 10.2. The van der Waals surface area contributed by atoms with Gasteiger partial charge in [0.2, 0.25) is 0 Å². The van der Waals surface area contributed by atoms with Gasteiger partial charge in [-0.15, -0.1) is 0 Å². The van der Waals surface area contributed by atoms with Gasteiger partial charge in [0.1, 0.15) is 23.8 Å². The SMILES string of the molecule is COc1ccc(OCCNc2ccnc(C(=O)Nc3cccc(Cl)c3)c2)cc1. The number of ether oxygens (including phenoxy) is 2. The zero-order valence-corrected chi connectivity index (χ0v) is 16.1. The van der Waals surface area contributed by atoms with Crippen LogP contribution >= 0.6 is 11.6 Å². The summed E-state index contributed by atoms with van der Waals surface area (Å²) in [6.07, 6.45) is 1.58. The lowest BCUT2D eigenvalue weighted by molar-refractivity contribution is 0.102. The molecule has 1 amide bonds. The van der Waals surface area contributed by atoms with Crippen molar-refractivity contribution in [2.24, 2.45) is 0 Å². The molecule has 0 spiro atoms. The van der Waals surface area contributed by atoms with E-state index in [1.165, 1.54) is 0 Å². The Morgan fingerprint density at radius 1 is 1.04 bits per heavy atom. The summed E-state index contributed by atoms with van der Waals surface area (Å²) in [6, 6.07) is 17.8. The first-order valence-corrected chi connectivity index (χ1v) is 9.05. The molecule has 1 aromatic heterocycles. The van der Waals surface area contributed by atoms with Gasteiger partial charge in [-0.1, -0.05) is 17.7 Å². The average molecular weight is 398 g/mol. The molecule has 0 aliphatic heterocycles. The summed E-state index contributed by atoms with van der Waals surface area (Å²) in [7, 11) is 1.62. The van der Waals surface area contributed by atoms with Crippen molar-refractivity contribution in [2.75, 3.05) is 30.9 Å². The molecule has 3 rings (SSSR count). The fourth-order valence-electron chi connectivity index (χ4n) is 2.46. The third-order valence-corrected chi connectivity index (χ3v) is 4.07. The van der Waals surface area contributed by atoms with E-state index in [1.54, 1.807) is 49.7 Å². The number of methoxy groups -OCH3 is 1. The van der Waals surface area contributed by atoms with Gasteiger partial charge in [-0.2, -0.15) is 0 Å². The molecule has 7 heteroatoms. The Balaban J connectivity index is 1.50. The summed E-state index contributed by atoms with van der Waals surface area (Å²) < 4.78 is 10.8. The van der Waals surface area contributed by atoms with Crippen LogP contribution in [-0.2, 0) is 0 Å². The first-order valence-electron chi connectivity index (χ1n) is 8.68. The number of nitrogens with one attached hydrogen (secondary N) is 2. The van der Waals surface area contributed by atoms with Gasteiger partial charge in [0.05, 0.1) is 7.11 Å². The Morgan fingerprint density at radius 3 is 2.57 bits per heavy atom. The molecule has 0 aliphatic rings. The van der Waals surface area contributed by atoms with E-state index in [1.807, 2.05) is 24.3 Å². The summed E-state index contributed by atoms with van der Waals surface area (Å²) in [6.45, 7) is 1.05. The van der Waals surface area contributed by atoms with Crippen molar-refractivity contribution >= 4 is 28.9 Å². The van der Waals surface area contributed by atoms with Gasteiger partial charge in [0, 0.05) is 29.1 Å². The largest absolute Gasteiger partial charge is 0.497 e. The first-order chi connectivity index (χ1) is 13.6. The smallest absolute Gasteiger partial charge is 0.274 e. The number of halogens is 1. The molecule has 0 atom stereocenters. The second-order valence-electron chi connectivity index (χ2n) is 5.84. The lowest BCUT2D eigenvalue weighted by Gasteiger charge is -2.10. The van der Waals surface area contributed by atoms with Crippen LogP contribution < -0.4 is 20.1 Å². The summed E-state index contributed by atoms with van der Waals surface area (Å²) in [5.41, 5.74) is 1.70. The van der Waals surface area contributed by atoms with Crippen LogP contribution in [0.4, 0.5) is 11.4 Å². The van der Waals surface area contributed by atoms with Crippen molar-refractivity contribution in [2.45, 2.75) is 0 Å². The predicted octanol–water partition coefficient (Wildman–Crippen LogP) is 4.49. The number of amides is 1. The topological polar surface area (TPSA) is 72.5 Å². The molecule has 0 saturated carbocycles. The molecule has 0 bridgehead atoms. The van der Waals surface area contributed by atoms with Crippen LogP contribution in [0.25, 0.3) is 0 Å². The highest BCUT2D eigenvalue weighted by Crippen LogP contribution is 2.18. The maximum Gasteiger partial charge on any atom is 0.274 e. The minimum absolute atomic E-state index is 0.305. The molecule has 2 N–H and O–H groups in total. The number of carbonyl (C=O) groups excluding carboxylic acids is 1. The van der Waals surface area contributed by atoms with Gasteiger partial charge in [0.25, 0.3) is 5.91 Å². The summed E-state index contributed by atoms with van der Waals surface area (Å²) >= 11 is 5.93. The number of carbonyl (C=O) groups is 1. The number of hydrogen-bond donors (Lipinski definition) is 2. The average Bonchev–Trinajstić information content (AvgIpc) is 2.72. The number of anilines is 2. The van der Waals surface area contributed by atoms with Gasteiger partial charge < -0.3 is 20.1 Å². The van der Waals surface area contributed by atoms with E-state index in [4.69, 9.17) is 21.1 Å². The highest BCUT2D eigenvalue weighted by atomic mass is 35.5. The number of benzene rings is 2. The number of pyridine rings is 1. The van der Waals surface area contributed by atoms with E-state index in [0.717, 1.165) is 17.2 Å². The van der Waals surface area contributed by atoms with Crippen molar-refractivity contribution in [3.8, 4) is 11.5 Å². The van der Waals surface area contributed by atoms with E-state index in [9.17, 15) is 4.79 Å². The fourth-order valence-corrected chi connectivity index (χ4v) is 2.65. The highest BCUT2D eigenvalue weighted by Gasteiger charge is 2.09. The molecular weight excluding hydrogens is 378 g/mol. The van der Waals surface area contributed by atoms with Gasteiger partial charge in [-0.3, -0.25) is 9.78 Å². The number of nitrogens with zero attached hydrogens (tertiary/aromatic N) is 1. The van der Waals surface area contributed by atoms with Crippen LogP contribution in [0.3, 0.4) is 0 Å². The molecule has 0 fully saturated rings. The normalized spacial score (nSPS) is 10.2. The minimum Gasteiger partial charge on any atom is -0.497 e. The van der Waals surface area contributed by atoms with Crippen LogP contribution in [0.5, 0.6) is 11.5 Å². The molecule has 0 saturated heterocycles. The van der Waals surface area contributed by atoms with Gasteiger partial charge in [-0.05, 0) is 54.6 Å². The van der Waals surface area contributed by atoms with Crippen molar-refractivity contribution in [1.29, 1.82) is 0 Å². The standard InChI is InChI=1S/C21H20ClN3O3/c1-27-18-5-7-19(8-6-18)28-12-11-23-16-9-10-24-20(14-16)21(26)25-17-4-2-3-15(22)13-17/h2-10,13-14H,11-12H2,1H3,(H,23,24)(H,25,26). The van der Waals surface area contributed by atoms with Crippen LogP contribution in [-0.4, -0.2) is 31.2 Å². The molecule has 6 nitrogen and oxygen atoms in total. The maximum absolute atomic E-state index is 12.4. The third kappa shape index (κ3) is 5.62. The van der Waals surface area contributed by atoms with Crippen molar-refractivity contribution in [1.82, 2.24) is 4.98 Å². The van der Waals surface area contributed by atoms with E-state index in [2.05, 4.69) is 15.6 Å². The molecular formula is C21H20ClN3O3. The van der Waals surface area contributed by atoms with E-state index in [0.29, 0.717) is 29.6 Å². The summed E-state index contributed by atoms with van der Waals surface area (Å²) in [4.78, 5) is 16.5. The summed E-state index contributed by atoms with van der Waals surface area (Å²) in [5.74, 6) is 1.24. The van der Waals surface area contributed by atoms with E-state index >= 15 is 0 Å². The number of hydrogen-bond acceptors (Lipinski definition) is 5. The van der Waals surface area contributed by atoms with Crippen LogP contribution in [0.1, 0.15) is 10.5 Å². The Bertz CT molecular complexity index is 932. The quantitative estimate of drug-likeness (QED) is 0.548. The highest BCUT2D eigenvalue weighted by molar-refractivity contribution is 6.30. The zero-order chi connectivity index (χ0) is 19.8. The van der Waals surface area contributed by atoms with Crippen molar-refractivity contribution < 1.29 is 14.3 Å². The Hall–Kier alpha value is -3.25. The van der Waals surface area contributed by atoms with E-state index < -0.39 is 0 Å². The van der Waals surface area contributed by atoms with Crippen LogP contribution in [0.15, 0.2) is 66.9 Å². The zero-order valence-electron chi connectivity index (χ0n) is 15.3. The van der Waals surface area contributed by atoms with Crippen molar-refractivity contribution in [3.63, 3.8) is 0 Å². The third-order valence-electron chi connectivity index (χ3n) is 3.83. The second-order valence-corrected chi connectivity index (χ2v) is 6.28. The van der Waals surface area contributed by atoms with Gasteiger partial charge >= 0.3 is 0 Å². The molecule has 2 aromatic carbocycles. The molecule has 1 heterocycles. The molecule has 0 aliphatic carbocycles. The molecule has 0 radical (unpaired) electrons. The number of aromatic nitrogens is 1. The predicted molar refractivity (Wildman–Crippen MR) is 111 cm³/mol. The fraction of sp³-hybridized carbons (Fsp3) is 0.143. The summed E-state index contributed by atoms with van der Waals surface area (Å²) in [5, 5.41) is 6.54. The molecule has 0 unspecified atom stereocenters. The van der Waals surface area contributed by atoms with Gasteiger partial charge in [-0.25, -0.2) is 0 Å². The molecule has 3 aromatic rings.